The van der Waals surface area contributed by atoms with Gasteiger partial charge in [-0.3, -0.25) is 4.79 Å². The predicted molar refractivity (Wildman–Crippen MR) is 76.6 cm³/mol. The standard InChI is InChI=1S/C14H29NO5/c1-14(2,3)20-12(16)8-7-11(10-17-4)15-9-13(18-5)19-6/h11,13,15H,7-10H2,1-6H3/t11-/m0/s1. The zero-order chi connectivity index (χ0) is 15.6. The summed E-state index contributed by atoms with van der Waals surface area (Å²) in [5.41, 5.74) is -0.446. The summed E-state index contributed by atoms with van der Waals surface area (Å²) >= 11 is 0. The summed E-state index contributed by atoms with van der Waals surface area (Å²) in [6.07, 6.45) is 0.683. The van der Waals surface area contributed by atoms with Crippen LogP contribution in [0.15, 0.2) is 0 Å². The minimum atomic E-state index is -0.446. The number of esters is 1. The van der Waals surface area contributed by atoms with Crippen molar-refractivity contribution in [3.05, 3.63) is 0 Å². The van der Waals surface area contributed by atoms with Crippen LogP contribution in [0.4, 0.5) is 0 Å². The fraction of sp³-hybridized carbons (Fsp3) is 0.929. The minimum absolute atomic E-state index is 0.0559. The first-order chi connectivity index (χ1) is 9.32. The van der Waals surface area contributed by atoms with Gasteiger partial charge in [0.15, 0.2) is 6.29 Å². The fourth-order valence-corrected chi connectivity index (χ4v) is 1.66. The number of methoxy groups -OCH3 is 3. The van der Waals surface area contributed by atoms with Crippen molar-refractivity contribution in [2.24, 2.45) is 0 Å². The van der Waals surface area contributed by atoms with Crippen LogP contribution in [0.5, 0.6) is 0 Å². The van der Waals surface area contributed by atoms with Gasteiger partial charge in [-0.15, -0.1) is 0 Å². The molecule has 0 bridgehead atoms. The molecule has 0 spiro atoms. The lowest BCUT2D eigenvalue weighted by Gasteiger charge is -2.23. The lowest BCUT2D eigenvalue weighted by Crippen LogP contribution is -2.40. The Kier molecular flexibility index (Phi) is 9.75. The van der Waals surface area contributed by atoms with Crippen molar-refractivity contribution in [2.45, 2.75) is 51.5 Å². The predicted octanol–water partition coefficient (Wildman–Crippen LogP) is 1.33. The normalized spacial score (nSPS) is 13.6. The second-order valence-corrected chi connectivity index (χ2v) is 5.59. The lowest BCUT2D eigenvalue weighted by molar-refractivity contribution is -0.155. The molecule has 20 heavy (non-hydrogen) atoms. The molecule has 1 N–H and O–H groups in total. The van der Waals surface area contributed by atoms with Gasteiger partial charge in [0, 0.05) is 40.3 Å². The maximum atomic E-state index is 11.7. The van der Waals surface area contributed by atoms with Crippen LogP contribution in [0.25, 0.3) is 0 Å². The van der Waals surface area contributed by atoms with Gasteiger partial charge < -0.3 is 24.3 Å². The van der Waals surface area contributed by atoms with Crippen LogP contribution in [0, 0.1) is 0 Å². The van der Waals surface area contributed by atoms with Gasteiger partial charge in [0.25, 0.3) is 0 Å². The smallest absolute Gasteiger partial charge is 0.306 e. The van der Waals surface area contributed by atoms with Crippen LogP contribution in [-0.4, -0.2) is 58.4 Å². The molecule has 6 heteroatoms. The Bertz CT molecular complexity index is 261. The van der Waals surface area contributed by atoms with E-state index >= 15 is 0 Å². The highest BCUT2D eigenvalue weighted by Crippen LogP contribution is 2.10. The molecule has 0 fully saturated rings. The van der Waals surface area contributed by atoms with Crippen molar-refractivity contribution in [3.8, 4) is 0 Å². The van der Waals surface area contributed by atoms with Crippen molar-refractivity contribution in [1.29, 1.82) is 0 Å². The molecule has 0 unspecified atom stereocenters. The van der Waals surface area contributed by atoms with Crippen molar-refractivity contribution in [2.75, 3.05) is 34.5 Å². The highest BCUT2D eigenvalue weighted by Gasteiger charge is 2.18. The average molecular weight is 291 g/mol. The Balaban J connectivity index is 4.10. The zero-order valence-corrected chi connectivity index (χ0v) is 13.5. The van der Waals surface area contributed by atoms with Gasteiger partial charge in [-0.2, -0.15) is 0 Å². The number of carbonyl (C=O) groups is 1. The summed E-state index contributed by atoms with van der Waals surface area (Å²) in [5.74, 6) is -0.199. The van der Waals surface area contributed by atoms with E-state index in [1.165, 1.54) is 0 Å². The van der Waals surface area contributed by atoms with E-state index in [2.05, 4.69) is 5.32 Å². The molecule has 0 aliphatic heterocycles. The van der Waals surface area contributed by atoms with Gasteiger partial charge in [0.2, 0.25) is 0 Å². The first kappa shape index (κ1) is 19.3. The van der Waals surface area contributed by atoms with Gasteiger partial charge in [-0.05, 0) is 27.2 Å². The molecule has 0 rings (SSSR count). The summed E-state index contributed by atoms with van der Waals surface area (Å²) in [4.78, 5) is 11.7. The molecule has 0 aromatic heterocycles. The molecule has 0 aromatic carbocycles. The Labute approximate surface area is 122 Å². The molecule has 0 amide bonds. The number of carbonyl (C=O) groups excluding carboxylic acids is 1. The Morgan fingerprint density at radius 2 is 1.75 bits per heavy atom. The van der Waals surface area contributed by atoms with Crippen molar-refractivity contribution >= 4 is 5.97 Å². The van der Waals surface area contributed by atoms with E-state index in [9.17, 15) is 4.79 Å². The van der Waals surface area contributed by atoms with E-state index < -0.39 is 5.60 Å². The Morgan fingerprint density at radius 3 is 2.20 bits per heavy atom. The van der Waals surface area contributed by atoms with Crippen LogP contribution in [-0.2, 0) is 23.7 Å². The quantitative estimate of drug-likeness (QED) is 0.484. The first-order valence-electron chi connectivity index (χ1n) is 6.82. The molecule has 0 saturated heterocycles. The van der Waals surface area contributed by atoms with Crippen LogP contribution in [0.2, 0.25) is 0 Å². The molecule has 6 nitrogen and oxygen atoms in total. The van der Waals surface area contributed by atoms with Gasteiger partial charge in [0.1, 0.15) is 5.60 Å². The van der Waals surface area contributed by atoms with Crippen molar-refractivity contribution < 1.29 is 23.7 Å². The Morgan fingerprint density at radius 1 is 1.15 bits per heavy atom. The number of nitrogens with one attached hydrogen (secondary N) is 1. The highest BCUT2D eigenvalue weighted by molar-refractivity contribution is 5.69. The molecule has 120 valence electrons. The van der Waals surface area contributed by atoms with E-state index in [1.54, 1.807) is 21.3 Å². The second-order valence-electron chi connectivity index (χ2n) is 5.59. The molecule has 0 heterocycles. The number of ether oxygens (including phenoxy) is 4. The van der Waals surface area contributed by atoms with E-state index in [1.807, 2.05) is 20.8 Å². The average Bonchev–Trinajstić information content (AvgIpc) is 2.34. The van der Waals surface area contributed by atoms with E-state index in [4.69, 9.17) is 18.9 Å². The molecular formula is C14H29NO5. The van der Waals surface area contributed by atoms with Crippen LogP contribution >= 0.6 is 0 Å². The monoisotopic (exact) mass is 291 g/mol. The summed E-state index contributed by atoms with van der Waals surface area (Å²) in [7, 11) is 4.80. The SMILES string of the molecule is COC[C@H](CCC(=O)OC(C)(C)C)NCC(OC)OC. The molecular weight excluding hydrogens is 262 g/mol. The fourth-order valence-electron chi connectivity index (χ4n) is 1.66. The van der Waals surface area contributed by atoms with Gasteiger partial charge in [-0.25, -0.2) is 0 Å². The van der Waals surface area contributed by atoms with Crippen molar-refractivity contribution in [1.82, 2.24) is 5.32 Å². The Hall–Kier alpha value is -0.690. The maximum absolute atomic E-state index is 11.7. The lowest BCUT2D eigenvalue weighted by atomic mass is 10.1. The van der Waals surface area contributed by atoms with E-state index in [-0.39, 0.29) is 18.3 Å². The third-order valence-corrected chi connectivity index (χ3v) is 2.58. The van der Waals surface area contributed by atoms with E-state index in [0.717, 1.165) is 0 Å². The molecule has 0 aliphatic rings. The third kappa shape index (κ3) is 10.1. The maximum Gasteiger partial charge on any atom is 0.306 e. The number of hydrogen-bond acceptors (Lipinski definition) is 6. The van der Waals surface area contributed by atoms with Crippen LogP contribution in [0.3, 0.4) is 0 Å². The van der Waals surface area contributed by atoms with Crippen molar-refractivity contribution in [3.63, 3.8) is 0 Å². The van der Waals surface area contributed by atoms with Gasteiger partial charge in [0.05, 0.1) is 6.61 Å². The zero-order valence-electron chi connectivity index (χ0n) is 13.5. The first-order valence-corrected chi connectivity index (χ1v) is 6.82. The van der Waals surface area contributed by atoms with Gasteiger partial charge in [-0.1, -0.05) is 0 Å². The number of hydrogen-bond donors (Lipinski definition) is 1. The molecule has 0 saturated carbocycles. The largest absolute Gasteiger partial charge is 0.460 e. The summed E-state index contributed by atoms with van der Waals surface area (Å²) in [5, 5.41) is 3.26. The van der Waals surface area contributed by atoms with E-state index in [0.29, 0.717) is 26.0 Å². The summed E-state index contributed by atoms with van der Waals surface area (Å²) < 4.78 is 20.6. The number of rotatable bonds is 10. The molecule has 0 aromatic rings. The van der Waals surface area contributed by atoms with Crippen LogP contribution in [0.1, 0.15) is 33.6 Å². The third-order valence-electron chi connectivity index (χ3n) is 2.58. The molecule has 1 atom stereocenters. The molecule has 0 radical (unpaired) electrons. The summed E-state index contributed by atoms with van der Waals surface area (Å²) in [6, 6.07) is 0.0559. The molecule has 0 aliphatic carbocycles. The van der Waals surface area contributed by atoms with Gasteiger partial charge >= 0.3 is 5.97 Å². The topological polar surface area (TPSA) is 66.0 Å². The summed E-state index contributed by atoms with van der Waals surface area (Å²) in [6.45, 7) is 6.63. The minimum Gasteiger partial charge on any atom is -0.460 e. The van der Waals surface area contributed by atoms with Crippen LogP contribution < -0.4 is 5.32 Å². The second kappa shape index (κ2) is 10.1. The highest BCUT2D eigenvalue weighted by atomic mass is 16.7.